The molecule has 0 radical (unpaired) electrons. The summed E-state index contributed by atoms with van der Waals surface area (Å²) in [7, 11) is 0. The molecule has 0 spiro atoms. The van der Waals surface area contributed by atoms with Crippen molar-refractivity contribution < 1.29 is 14.8 Å². The van der Waals surface area contributed by atoms with Crippen LogP contribution in [0, 0.1) is 0 Å². The van der Waals surface area contributed by atoms with Gasteiger partial charge in [-0.25, -0.2) is 5.48 Å². The minimum Gasteiger partial charge on any atom is -0.353 e. The first kappa shape index (κ1) is 16.9. The molecule has 0 aromatic heterocycles. The van der Waals surface area contributed by atoms with Crippen LogP contribution in [-0.4, -0.2) is 23.6 Å². The van der Waals surface area contributed by atoms with Gasteiger partial charge in [-0.2, -0.15) is 0 Å². The van der Waals surface area contributed by atoms with Gasteiger partial charge in [0, 0.05) is 19.0 Å². The number of unbranched alkanes of at least 4 members (excludes halogenated alkanes) is 2. The number of amides is 2. The SMILES string of the molecule is CC(=CC(=O)NCCCCCC(=O)NO)c1ccccc1. The van der Waals surface area contributed by atoms with Crippen molar-refractivity contribution in [1.82, 2.24) is 10.8 Å². The second kappa shape index (κ2) is 9.72. The summed E-state index contributed by atoms with van der Waals surface area (Å²) in [5.74, 6) is -0.482. The molecule has 2 amide bonds. The molecule has 0 saturated heterocycles. The molecule has 1 rings (SSSR count). The molecular formula is C16H22N2O3. The predicted molar refractivity (Wildman–Crippen MR) is 81.5 cm³/mol. The topological polar surface area (TPSA) is 78.4 Å². The van der Waals surface area contributed by atoms with Gasteiger partial charge in [0.2, 0.25) is 11.8 Å². The van der Waals surface area contributed by atoms with Crippen molar-refractivity contribution in [2.75, 3.05) is 6.54 Å². The molecule has 3 N–H and O–H groups in total. The van der Waals surface area contributed by atoms with Gasteiger partial charge in [-0.15, -0.1) is 0 Å². The predicted octanol–water partition coefficient (Wildman–Crippen LogP) is 2.27. The third-order valence-corrected chi connectivity index (χ3v) is 3.08. The lowest BCUT2D eigenvalue weighted by atomic mass is 10.1. The van der Waals surface area contributed by atoms with E-state index < -0.39 is 0 Å². The molecule has 21 heavy (non-hydrogen) atoms. The van der Waals surface area contributed by atoms with Crippen molar-refractivity contribution in [3.63, 3.8) is 0 Å². The van der Waals surface area contributed by atoms with Crippen molar-refractivity contribution in [2.45, 2.75) is 32.6 Å². The molecule has 0 unspecified atom stereocenters. The molecule has 0 atom stereocenters. The van der Waals surface area contributed by atoms with Gasteiger partial charge in [-0.05, 0) is 30.9 Å². The lowest BCUT2D eigenvalue weighted by Gasteiger charge is -2.04. The summed E-state index contributed by atoms with van der Waals surface area (Å²) >= 11 is 0. The maximum absolute atomic E-state index is 11.7. The van der Waals surface area contributed by atoms with Crippen LogP contribution in [0.1, 0.15) is 38.2 Å². The van der Waals surface area contributed by atoms with Gasteiger partial charge in [0.05, 0.1) is 0 Å². The highest BCUT2D eigenvalue weighted by Crippen LogP contribution is 2.12. The Labute approximate surface area is 125 Å². The Kier molecular flexibility index (Phi) is 7.82. The van der Waals surface area contributed by atoms with E-state index in [4.69, 9.17) is 5.21 Å². The van der Waals surface area contributed by atoms with E-state index >= 15 is 0 Å². The highest BCUT2D eigenvalue weighted by molar-refractivity contribution is 5.94. The maximum atomic E-state index is 11.7. The van der Waals surface area contributed by atoms with E-state index in [9.17, 15) is 9.59 Å². The number of nitrogens with one attached hydrogen (secondary N) is 2. The van der Waals surface area contributed by atoms with Gasteiger partial charge in [0.1, 0.15) is 0 Å². The monoisotopic (exact) mass is 290 g/mol. The number of carbonyl (C=O) groups is 2. The highest BCUT2D eigenvalue weighted by atomic mass is 16.5. The van der Waals surface area contributed by atoms with E-state index in [1.807, 2.05) is 37.3 Å². The van der Waals surface area contributed by atoms with Crippen molar-refractivity contribution in [3.8, 4) is 0 Å². The Morgan fingerprint density at radius 3 is 2.52 bits per heavy atom. The summed E-state index contributed by atoms with van der Waals surface area (Å²) in [6.07, 6.45) is 4.23. The summed E-state index contributed by atoms with van der Waals surface area (Å²) in [6, 6.07) is 9.74. The molecule has 0 bridgehead atoms. The molecule has 1 aromatic rings. The lowest BCUT2D eigenvalue weighted by Crippen LogP contribution is -2.22. The zero-order chi connectivity index (χ0) is 15.5. The molecule has 0 saturated carbocycles. The Balaban J connectivity index is 2.21. The second-order valence-electron chi connectivity index (χ2n) is 4.83. The summed E-state index contributed by atoms with van der Waals surface area (Å²) in [5.41, 5.74) is 3.55. The van der Waals surface area contributed by atoms with Crippen LogP contribution in [-0.2, 0) is 9.59 Å². The van der Waals surface area contributed by atoms with Gasteiger partial charge in [-0.3, -0.25) is 14.8 Å². The fourth-order valence-electron chi connectivity index (χ4n) is 1.89. The Morgan fingerprint density at radius 2 is 1.86 bits per heavy atom. The first-order valence-electron chi connectivity index (χ1n) is 7.08. The summed E-state index contributed by atoms with van der Waals surface area (Å²) in [6.45, 7) is 2.49. The van der Waals surface area contributed by atoms with Gasteiger partial charge in [0.25, 0.3) is 0 Å². The van der Waals surface area contributed by atoms with Crippen molar-refractivity contribution in [2.24, 2.45) is 0 Å². The maximum Gasteiger partial charge on any atom is 0.244 e. The van der Waals surface area contributed by atoms with Crippen LogP contribution in [0.5, 0.6) is 0 Å². The van der Waals surface area contributed by atoms with Crippen molar-refractivity contribution in [3.05, 3.63) is 42.0 Å². The molecule has 114 valence electrons. The van der Waals surface area contributed by atoms with E-state index in [0.29, 0.717) is 19.4 Å². The fourth-order valence-corrected chi connectivity index (χ4v) is 1.89. The zero-order valence-electron chi connectivity index (χ0n) is 12.3. The average molecular weight is 290 g/mol. The van der Waals surface area contributed by atoms with E-state index in [2.05, 4.69) is 5.32 Å². The van der Waals surface area contributed by atoms with Gasteiger partial charge in [0.15, 0.2) is 0 Å². The van der Waals surface area contributed by atoms with Crippen molar-refractivity contribution in [1.29, 1.82) is 0 Å². The largest absolute Gasteiger partial charge is 0.353 e. The number of hydrogen-bond donors (Lipinski definition) is 3. The third-order valence-electron chi connectivity index (χ3n) is 3.08. The highest BCUT2D eigenvalue weighted by Gasteiger charge is 2.01. The summed E-state index contributed by atoms with van der Waals surface area (Å²) in [5, 5.41) is 11.1. The minimum absolute atomic E-state index is 0.107. The van der Waals surface area contributed by atoms with E-state index in [1.54, 1.807) is 11.6 Å². The fraction of sp³-hybridized carbons (Fsp3) is 0.375. The number of allylic oxidation sites excluding steroid dienone is 1. The average Bonchev–Trinajstić information content (AvgIpc) is 2.51. The van der Waals surface area contributed by atoms with Crippen LogP contribution in [0.25, 0.3) is 5.57 Å². The van der Waals surface area contributed by atoms with E-state index in [0.717, 1.165) is 24.0 Å². The molecule has 0 aliphatic rings. The Bertz CT molecular complexity index is 484. The van der Waals surface area contributed by atoms with Crippen LogP contribution < -0.4 is 10.8 Å². The van der Waals surface area contributed by atoms with Crippen LogP contribution in [0.3, 0.4) is 0 Å². The third kappa shape index (κ3) is 7.27. The lowest BCUT2D eigenvalue weighted by molar-refractivity contribution is -0.129. The molecule has 5 heteroatoms. The Morgan fingerprint density at radius 1 is 1.14 bits per heavy atom. The molecule has 5 nitrogen and oxygen atoms in total. The number of rotatable bonds is 8. The molecular weight excluding hydrogens is 268 g/mol. The van der Waals surface area contributed by atoms with Crippen LogP contribution in [0.2, 0.25) is 0 Å². The van der Waals surface area contributed by atoms with Crippen LogP contribution in [0.4, 0.5) is 0 Å². The molecule has 0 aliphatic heterocycles. The summed E-state index contributed by atoms with van der Waals surface area (Å²) < 4.78 is 0. The van der Waals surface area contributed by atoms with Gasteiger partial charge < -0.3 is 5.32 Å². The molecule has 1 aromatic carbocycles. The Hall–Kier alpha value is -2.14. The second-order valence-corrected chi connectivity index (χ2v) is 4.83. The van der Waals surface area contributed by atoms with Crippen molar-refractivity contribution >= 4 is 17.4 Å². The number of carbonyl (C=O) groups excluding carboxylic acids is 2. The standard InChI is InChI=1S/C16H22N2O3/c1-13(14-8-4-2-5-9-14)12-16(20)17-11-7-3-6-10-15(19)18-21/h2,4-5,8-9,12,21H,3,6-7,10-11H2,1H3,(H,17,20)(H,18,19). The zero-order valence-corrected chi connectivity index (χ0v) is 12.3. The first-order valence-corrected chi connectivity index (χ1v) is 7.08. The smallest absolute Gasteiger partial charge is 0.244 e. The minimum atomic E-state index is -0.375. The quantitative estimate of drug-likeness (QED) is 0.297. The molecule has 0 fully saturated rings. The first-order chi connectivity index (χ1) is 10.1. The van der Waals surface area contributed by atoms with Crippen LogP contribution in [0.15, 0.2) is 36.4 Å². The van der Waals surface area contributed by atoms with E-state index in [-0.39, 0.29) is 11.8 Å². The number of hydrogen-bond acceptors (Lipinski definition) is 3. The van der Waals surface area contributed by atoms with Gasteiger partial charge >= 0.3 is 0 Å². The normalized spacial score (nSPS) is 11.0. The van der Waals surface area contributed by atoms with Gasteiger partial charge in [-0.1, -0.05) is 36.8 Å². The molecule has 0 aliphatic carbocycles. The molecule has 0 heterocycles. The number of hydroxylamine groups is 1. The summed E-state index contributed by atoms with van der Waals surface area (Å²) in [4.78, 5) is 22.5. The van der Waals surface area contributed by atoms with E-state index in [1.165, 1.54) is 0 Å². The number of benzene rings is 1. The van der Waals surface area contributed by atoms with Crippen LogP contribution >= 0.6 is 0 Å².